The summed E-state index contributed by atoms with van der Waals surface area (Å²) in [5, 5.41) is -0.455. The number of nitrogens with one attached hydrogen (secondary N) is 1. The first kappa shape index (κ1) is 21.6. The topological polar surface area (TPSA) is 84.5 Å². The van der Waals surface area contributed by atoms with Crippen LogP contribution in [0.1, 0.15) is 54.2 Å². The van der Waals surface area contributed by atoms with Crippen LogP contribution in [0.4, 0.5) is 0 Å². The second-order valence-electron chi connectivity index (χ2n) is 8.15. The highest BCUT2D eigenvalue weighted by atomic mass is 32.2. The molecule has 2 aromatic heterocycles. The molecule has 7 nitrogen and oxygen atoms in total. The first-order chi connectivity index (χ1) is 13.7. The smallest absolute Gasteiger partial charge is 0.255 e. The molecule has 1 saturated heterocycles. The molecule has 3 heterocycles. The van der Waals surface area contributed by atoms with Crippen molar-refractivity contribution in [2.45, 2.75) is 52.3 Å². The van der Waals surface area contributed by atoms with Crippen molar-refractivity contribution in [3.8, 4) is 0 Å². The molecular weight excluding hydrogens is 390 g/mol. The fraction of sp³-hybridized carbons (Fsp3) is 0.571. The molecule has 0 radical (unpaired) electrons. The lowest BCUT2D eigenvalue weighted by atomic mass is 9.97. The van der Waals surface area contributed by atoms with Crippen LogP contribution in [-0.4, -0.2) is 48.7 Å². The maximum atomic E-state index is 13.2. The number of carbonyl (C=O) groups is 1. The zero-order valence-corrected chi connectivity index (χ0v) is 18.5. The van der Waals surface area contributed by atoms with E-state index in [2.05, 4.69) is 9.29 Å². The normalized spacial score (nSPS) is 17.8. The second kappa shape index (κ2) is 8.75. The molecule has 0 saturated carbocycles. The zero-order chi connectivity index (χ0) is 21.2. The summed E-state index contributed by atoms with van der Waals surface area (Å²) in [5.74, 6) is 0.995. The summed E-state index contributed by atoms with van der Waals surface area (Å²) in [4.78, 5) is 15.1. The number of amides is 1. The molecule has 8 heteroatoms. The summed E-state index contributed by atoms with van der Waals surface area (Å²) < 4.78 is 34.3. The number of aryl methyl sites for hydroxylation is 1. The minimum Gasteiger partial charge on any atom is -0.467 e. The van der Waals surface area contributed by atoms with Gasteiger partial charge in [-0.2, -0.15) is 0 Å². The van der Waals surface area contributed by atoms with Gasteiger partial charge in [0.1, 0.15) is 5.76 Å². The van der Waals surface area contributed by atoms with Crippen LogP contribution in [0, 0.1) is 19.8 Å². The van der Waals surface area contributed by atoms with E-state index in [-0.39, 0.29) is 11.8 Å². The standard InChI is InChI=1S/C21H31N3O4S/c1-15(2)29(26,27)22-12-18-7-5-9-23(13-18)21(25)20-11-16(3)24(17(20)4)14-19-8-6-10-28-19/h6,8,10-11,15,18,22H,5,7,9,12-14H2,1-4H3. The number of likely N-dealkylation sites (tertiary alicyclic amines) is 1. The molecule has 1 fully saturated rings. The number of carbonyl (C=O) groups excluding carboxylic acids is 1. The van der Waals surface area contributed by atoms with Crippen LogP contribution < -0.4 is 4.72 Å². The quantitative estimate of drug-likeness (QED) is 0.745. The number of aromatic nitrogens is 1. The maximum absolute atomic E-state index is 13.2. The van der Waals surface area contributed by atoms with E-state index in [0.717, 1.165) is 30.0 Å². The molecule has 160 valence electrons. The van der Waals surface area contributed by atoms with E-state index in [0.29, 0.717) is 31.7 Å². The van der Waals surface area contributed by atoms with Gasteiger partial charge in [-0.1, -0.05) is 0 Å². The number of nitrogens with zero attached hydrogens (tertiary/aromatic N) is 2. The molecule has 0 spiro atoms. The first-order valence-corrected chi connectivity index (χ1v) is 11.7. The fourth-order valence-electron chi connectivity index (χ4n) is 3.81. The Labute approximate surface area is 173 Å². The van der Waals surface area contributed by atoms with Crippen molar-refractivity contribution in [1.29, 1.82) is 0 Å². The van der Waals surface area contributed by atoms with Crippen molar-refractivity contribution in [1.82, 2.24) is 14.2 Å². The van der Waals surface area contributed by atoms with Crippen LogP contribution >= 0.6 is 0 Å². The molecule has 0 aliphatic carbocycles. The molecule has 1 aliphatic heterocycles. The third-order valence-electron chi connectivity index (χ3n) is 5.70. The van der Waals surface area contributed by atoms with Crippen molar-refractivity contribution < 1.29 is 17.6 Å². The van der Waals surface area contributed by atoms with Gasteiger partial charge in [-0.25, -0.2) is 13.1 Å². The highest BCUT2D eigenvalue weighted by molar-refractivity contribution is 7.90. The van der Waals surface area contributed by atoms with Crippen molar-refractivity contribution in [2.75, 3.05) is 19.6 Å². The van der Waals surface area contributed by atoms with Crippen LogP contribution in [0.2, 0.25) is 0 Å². The number of piperidine rings is 1. The molecule has 0 aromatic carbocycles. The predicted octanol–water partition coefficient (Wildman–Crippen LogP) is 2.93. The van der Waals surface area contributed by atoms with E-state index in [1.165, 1.54) is 0 Å². The van der Waals surface area contributed by atoms with Crippen molar-refractivity contribution in [2.24, 2.45) is 5.92 Å². The van der Waals surface area contributed by atoms with Gasteiger partial charge in [0, 0.05) is 31.0 Å². The Hall–Kier alpha value is -2.06. The summed E-state index contributed by atoms with van der Waals surface area (Å²) in [7, 11) is -3.29. The van der Waals surface area contributed by atoms with Gasteiger partial charge in [-0.05, 0) is 64.7 Å². The Kier molecular flexibility index (Phi) is 6.53. The lowest BCUT2D eigenvalue weighted by Crippen LogP contribution is -2.44. The van der Waals surface area contributed by atoms with Gasteiger partial charge < -0.3 is 13.9 Å². The summed E-state index contributed by atoms with van der Waals surface area (Å²) in [5.41, 5.74) is 2.64. The van der Waals surface area contributed by atoms with Crippen LogP contribution in [0.25, 0.3) is 0 Å². The minimum atomic E-state index is -3.29. The molecule has 1 aliphatic rings. The van der Waals surface area contributed by atoms with Crippen LogP contribution in [0.3, 0.4) is 0 Å². The summed E-state index contributed by atoms with van der Waals surface area (Å²) >= 11 is 0. The molecular formula is C21H31N3O4S. The maximum Gasteiger partial charge on any atom is 0.255 e. The lowest BCUT2D eigenvalue weighted by Gasteiger charge is -2.33. The Morgan fingerprint density at radius 2 is 2.10 bits per heavy atom. The van der Waals surface area contributed by atoms with E-state index in [9.17, 15) is 13.2 Å². The predicted molar refractivity (Wildman–Crippen MR) is 112 cm³/mol. The largest absolute Gasteiger partial charge is 0.467 e. The Morgan fingerprint density at radius 3 is 2.76 bits per heavy atom. The molecule has 1 N–H and O–H groups in total. The Morgan fingerprint density at radius 1 is 1.34 bits per heavy atom. The summed E-state index contributed by atoms with van der Waals surface area (Å²) in [6.07, 6.45) is 3.45. The number of hydrogen-bond donors (Lipinski definition) is 1. The van der Waals surface area contributed by atoms with Gasteiger partial charge in [-0.15, -0.1) is 0 Å². The van der Waals surface area contributed by atoms with E-state index < -0.39 is 15.3 Å². The van der Waals surface area contributed by atoms with E-state index in [1.54, 1.807) is 20.1 Å². The highest BCUT2D eigenvalue weighted by Crippen LogP contribution is 2.23. The van der Waals surface area contributed by atoms with Crippen LogP contribution in [-0.2, 0) is 16.6 Å². The van der Waals surface area contributed by atoms with E-state index in [4.69, 9.17) is 4.42 Å². The van der Waals surface area contributed by atoms with E-state index in [1.807, 2.05) is 36.9 Å². The molecule has 1 amide bonds. The molecule has 1 atom stereocenters. The van der Waals surface area contributed by atoms with Gasteiger partial charge in [0.25, 0.3) is 5.91 Å². The van der Waals surface area contributed by atoms with Gasteiger partial charge in [0.2, 0.25) is 10.0 Å². The van der Waals surface area contributed by atoms with Gasteiger partial charge in [0.15, 0.2) is 0 Å². The molecule has 1 unspecified atom stereocenters. The third kappa shape index (κ3) is 4.93. The van der Waals surface area contributed by atoms with Crippen LogP contribution in [0.5, 0.6) is 0 Å². The van der Waals surface area contributed by atoms with Gasteiger partial charge >= 0.3 is 0 Å². The van der Waals surface area contributed by atoms with Crippen molar-refractivity contribution >= 4 is 15.9 Å². The van der Waals surface area contributed by atoms with Crippen molar-refractivity contribution in [3.63, 3.8) is 0 Å². The first-order valence-electron chi connectivity index (χ1n) is 10.2. The minimum absolute atomic E-state index is 0.0141. The number of rotatable bonds is 7. The number of furan rings is 1. The average Bonchev–Trinajstić information content (AvgIpc) is 3.30. The Bertz CT molecular complexity index is 945. The van der Waals surface area contributed by atoms with E-state index >= 15 is 0 Å². The zero-order valence-electron chi connectivity index (χ0n) is 17.6. The third-order valence-corrected chi connectivity index (χ3v) is 7.51. The number of hydrogen-bond acceptors (Lipinski definition) is 4. The highest BCUT2D eigenvalue weighted by Gasteiger charge is 2.28. The van der Waals surface area contributed by atoms with Crippen molar-refractivity contribution in [3.05, 3.63) is 47.2 Å². The monoisotopic (exact) mass is 421 g/mol. The Balaban J connectivity index is 1.68. The molecule has 3 rings (SSSR count). The van der Waals surface area contributed by atoms with Gasteiger partial charge in [-0.3, -0.25) is 4.79 Å². The van der Waals surface area contributed by atoms with Crippen LogP contribution in [0.15, 0.2) is 28.9 Å². The fourth-order valence-corrected chi connectivity index (χ4v) is 4.61. The lowest BCUT2D eigenvalue weighted by molar-refractivity contribution is 0.0675. The second-order valence-corrected chi connectivity index (χ2v) is 10.5. The number of sulfonamides is 1. The van der Waals surface area contributed by atoms with Gasteiger partial charge in [0.05, 0.1) is 23.6 Å². The summed E-state index contributed by atoms with van der Waals surface area (Å²) in [6, 6.07) is 5.72. The SMILES string of the molecule is Cc1cc(C(=O)N2CCCC(CNS(=O)(=O)C(C)C)C2)c(C)n1Cc1ccco1. The summed E-state index contributed by atoms with van der Waals surface area (Å²) in [6.45, 7) is 9.53. The molecule has 0 bridgehead atoms. The average molecular weight is 422 g/mol. The molecule has 29 heavy (non-hydrogen) atoms. The molecule has 2 aromatic rings.